The highest BCUT2D eigenvalue weighted by atomic mass is 32.2. The Bertz CT molecular complexity index is 727. The van der Waals surface area contributed by atoms with Crippen molar-refractivity contribution < 1.29 is 26.4 Å². The third kappa shape index (κ3) is 5.70. The summed E-state index contributed by atoms with van der Waals surface area (Å²) in [5, 5.41) is 2.85. The number of benzene rings is 1. The Morgan fingerprint density at radius 2 is 1.77 bits per heavy atom. The average molecular weight is 392 g/mol. The van der Waals surface area contributed by atoms with Crippen LogP contribution < -0.4 is 10.0 Å². The Morgan fingerprint density at radius 1 is 1.15 bits per heavy atom. The second kappa shape index (κ2) is 8.39. The number of alkyl halides is 3. The lowest BCUT2D eigenvalue weighted by Gasteiger charge is -2.26. The fourth-order valence-corrected chi connectivity index (χ4v) is 4.27. The van der Waals surface area contributed by atoms with Crippen molar-refractivity contribution in [3.8, 4) is 0 Å². The van der Waals surface area contributed by atoms with E-state index in [1.807, 2.05) is 0 Å². The summed E-state index contributed by atoms with van der Waals surface area (Å²) in [6, 6.07) is 4.04. The number of carbonyl (C=O) groups is 1. The predicted molar refractivity (Wildman–Crippen MR) is 90.8 cm³/mol. The molecule has 0 radical (unpaired) electrons. The zero-order valence-electron chi connectivity index (χ0n) is 14.5. The Balaban J connectivity index is 1.90. The van der Waals surface area contributed by atoms with Crippen molar-refractivity contribution in [3.05, 3.63) is 29.8 Å². The molecule has 0 spiro atoms. The molecule has 1 aromatic carbocycles. The second-order valence-corrected chi connectivity index (χ2v) is 8.40. The number of hydrogen-bond acceptors (Lipinski definition) is 3. The van der Waals surface area contributed by atoms with Gasteiger partial charge in [-0.05, 0) is 43.7 Å². The molecule has 0 atom stereocenters. The SMILES string of the molecule is CC1CCC(NC(=O)CCNS(=O)(=O)c2ccccc2C(F)(F)F)CC1. The van der Waals surface area contributed by atoms with Crippen molar-refractivity contribution in [2.24, 2.45) is 5.92 Å². The largest absolute Gasteiger partial charge is 0.417 e. The number of rotatable bonds is 6. The number of amides is 1. The van der Waals surface area contributed by atoms with Crippen LogP contribution in [0.3, 0.4) is 0 Å². The number of nitrogens with one attached hydrogen (secondary N) is 2. The van der Waals surface area contributed by atoms with Crippen LogP contribution in [-0.4, -0.2) is 26.9 Å². The molecule has 0 unspecified atom stereocenters. The summed E-state index contributed by atoms with van der Waals surface area (Å²) < 4.78 is 65.3. The van der Waals surface area contributed by atoms with E-state index in [1.165, 1.54) is 6.07 Å². The fourth-order valence-electron chi connectivity index (χ4n) is 3.02. The molecular formula is C17H23F3N2O3S. The molecule has 1 saturated carbocycles. The van der Waals surface area contributed by atoms with Crippen molar-refractivity contribution >= 4 is 15.9 Å². The average Bonchev–Trinajstić information content (AvgIpc) is 2.56. The van der Waals surface area contributed by atoms with E-state index in [4.69, 9.17) is 0 Å². The van der Waals surface area contributed by atoms with E-state index in [0.29, 0.717) is 12.0 Å². The van der Waals surface area contributed by atoms with E-state index in [-0.39, 0.29) is 24.9 Å². The van der Waals surface area contributed by atoms with Gasteiger partial charge in [-0.1, -0.05) is 19.1 Å². The molecule has 9 heteroatoms. The molecule has 26 heavy (non-hydrogen) atoms. The van der Waals surface area contributed by atoms with Gasteiger partial charge in [0.25, 0.3) is 0 Å². The third-order valence-electron chi connectivity index (χ3n) is 4.51. The lowest BCUT2D eigenvalue weighted by molar-refractivity contribution is -0.139. The van der Waals surface area contributed by atoms with E-state index < -0.39 is 26.7 Å². The summed E-state index contributed by atoms with van der Waals surface area (Å²) in [7, 11) is -4.36. The van der Waals surface area contributed by atoms with Gasteiger partial charge in [-0.15, -0.1) is 0 Å². The summed E-state index contributed by atoms with van der Waals surface area (Å²) >= 11 is 0. The fraction of sp³-hybridized carbons (Fsp3) is 0.588. The molecule has 2 N–H and O–H groups in total. The van der Waals surface area contributed by atoms with Crippen molar-refractivity contribution in [2.75, 3.05) is 6.54 Å². The van der Waals surface area contributed by atoms with Crippen LogP contribution in [0, 0.1) is 5.92 Å². The Morgan fingerprint density at radius 3 is 2.38 bits per heavy atom. The maximum Gasteiger partial charge on any atom is 0.417 e. The van der Waals surface area contributed by atoms with Gasteiger partial charge in [0.2, 0.25) is 15.9 Å². The Labute approximate surface area is 151 Å². The maximum atomic E-state index is 13.0. The first-order valence-corrected chi connectivity index (χ1v) is 10.0. The minimum Gasteiger partial charge on any atom is -0.353 e. The van der Waals surface area contributed by atoms with Crippen LogP contribution >= 0.6 is 0 Å². The smallest absolute Gasteiger partial charge is 0.353 e. The van der Waals surface area contributed by atoms with E-state index in [0.717, 1.165) is 37.8 Å². The van der Waals surface area contributed by atoms with Crippen LogP contribution in [-0.2, 0) is 21.0 Å². The molecule has 1 aliphatic carbocycles. The van der Waals surface area contributed by atoms with Crippen LogP contribution in [0.4, 0.5) is 13.2 Å². The molecule has 0 saturated heterocycles. The van der Waals surface area contributed by atoms with E-state index in [1.54, 1.807) is 0 Å². The molecule has 0 aromatic heterocycles. The van der Waals surface area contributed by atoms with E-state index >= 15 is 0 Å². The molecule has 1 aliphatic rings. The summed E-state index contributed by atoms with van der Waals surface area (Å²) in [4.78, 5) is 11.1. The minimum absolute atomic E-state index is 0.0845. The van der Waals surface area contributed by atoms with Crippen LogP contribution in [0.5, 0.6) is 0 Å². The molecule has 0 heterocycles. The van der Waals surface area contributed by atoms with Crippen LogP contribution in [0.15, 0.2) is 29.2 Å². The third-order valence-corrected chi connectivity index (χ3v) is 6.03. The lowest BCUT2D eigenvalue weighted by Crippen LogP contribution is -2.39. The van der Waals surface area contributed by atoms with Gasteiger partial charge < -0.3 is 5.32 Å². The van der Waals surface area contributed by atoms with Crippen molar-refractivity contribution in [1.29, 1.82) is 0 Å². The molecule has 1 fully saturated rings. The Hall–Kier alpha value is -1.61. The van der Waals surface area contributed by atoms with Gasteiger partial charge >= 0.3 is 6.18 Å². The van der Waals surface area contributed by atoms with Crippen molar-refractivity contribution in [1.82, 2.24) is 10.0 Å². The number of carbonyl (C=O) groups excluding carboxylic acids is 1. The Kier molecular flexibility index (Phi) is 6.68. The first kappa shape index (κ1) is 20.7. The summed E-state index contributed by atoms with van der Waals surface area (Å²) in [6.07, 6.45) is -1.06. The minimum atomic E-state index is -4.78. The first-order chi connectivity index (χ1) is 12.1. The zero-order valence-corrected chi connectivity index (χ0v) is 15.3. The predicted octanol–water partition coefficient (Wildman–Crippen LogP) is 3.07. The van der Waals surface area contributed by atoms with Gasteiger partial charge in [-0.2, -0.15) is 13.2 Å². The van der Waals surface area contributed by atoms with Gasteiger partial charge in [0.1, 0.15) is 0 Å². The first-order valence-electron chi connectivity index (χ1n) is 8.55. The van der Waals surface area contributed by atoms with Gasteiger partial charge in [0.15, 0.2) is 0 Å². The lowest BCUT2D eigenvalue weighted by atomic mass is 9.87. The molecule has 0 bridgehead atoms. The molecule has 0 aliphatic heterocycles. The maximum absolute atomic E-state index is 13.0. The quantitative estimate of drug-likeness (QED) is 0.781. The summed E-state index contributed by atoms with van der Waals surface area (Å²) in [5.74, 6) is 0.333. The van der Waals surface area contributed by atoms with Gasteiger partial charge in [0.05, 0.1) is 10.5 Å². The monoisotopic (exact) mass is 392 g/mol. The number of hydrogen-bond donors (Lipinski definition) is 2. The molecule has 1 amide bonds. The molecular weight excluding hydrogens is 369 g/mol. The number of halogens is 3. The zero-order chi connectivity index (χ0) is 19.4. The highest BCUT2D eigenvalue weighted by Gasteiger charge is 2.36. The summed E-state index contributed by atoms with van der Waals surface area (Å²) in [5.41, 5.74) is -1.23. The standard InChI is InChI=1S/C17H23F3N2O3S/c1-12-6-8-13(9-7-12)22-16(23)10-11-21-26(24,25)15-5-3-2-4-14(15)17(18,19)20/h2-5,12-13,21H,6-11H2,1H3,(H,22,23). The normalized spacial score (nSPS) is 21.4. The van der Waals surface area contributed by atoms with E-state index in [2.05, 4.69) is 17.0 Å². The van der Waals surface area contributed by atoms with Gasteiger partial charge in [-0.25, -0.2) is 13.1 Å². The molecule has 146 valence electrons. The highest BCUT2D eigenvalue weighted by Crippen LogP contribution is 2.33. The van der Waals surface area contributed by atoms with Crippen molar-refractivity contribution in [3.63, 3.8) is 0 Å². The van der Waals surface area contributed by atoms with Gasteiger partial charge in [0, 0.05) is 19.0 Å². The van der Waals surface area contributed by atoms with Crippen molar-refractivity contribution in [2.45, 2.75) is 56.1 Å². The summed E-state index contributed by atoms with van der Waals surface area (Å²) in [6.45, 7) is 1.90. The van der Waals surface area contributed by atoms with Crippen LogP contribution in [0.1, 0.15) is 44.6 Å². The molecule has 2 rings (SSSR count). The van der Waals surface area contributed by atoms with Crippen LogP contribution in [0.2, 0.25) is 0 Å². The number of sulfonamides is 1. The second-order valence-electron chi connectivity index (χ2n) is 6.67. The van der Waals surface area contributed by atoms with Crippen LogP contribution in [0.25, 0.3) is 0 Å². The van der Waals surface area contributed by atoms with Gasteiger partial charge in [-0.3, -0.25) is 4.79 Å². The topological polar surface area (TPSA) is 75.3 Å². The molecule has 1 aromatic rings. The molecule has 5 nitrogen and oxygen atoms in total. The van der Waals surface area contributed by atoms with E-state index in [9.17, 15) is 26.4 Å². The highest BCUT2D eigenvalue weighted by molar-refractivity contribution is 7.89.